The summed E-state index contributed by atoms with van der Waals surface area (Å²) in [5.74, 6) is -2.67. The van der Waals surface area contributed by atoms with E-state index in [1.807, 2.05) is 0 Å². The van der Waals surface area contributed by atoms with Gasteiger partial charge >= 0.3 is 12.0 Å². The first-order chi connectivity index (χ1) is 14.9. The summed E-state index contributed by atoms with van der Waals surface area (Å²) in [7, 11) is 1.34. The number of nitrogens with zero attached hydrogens (tertiary/aromatic N) is 3. The summed E-state index contributed by atoms with van der Waals surface area (Å²) in [5.41, 5.74) is 0.233. The third-order valence-electron chi connectivity index (χ3n) is 4.03. The Kier molecular flexibility index (Phi) is 5.14. The number of hydrogen-bond acceptors (Lipinski definition) is 8. The zero-order valence-corrected chi connectivity index (χ0v) is 15.8. The second-order valence-electron chi connectivity index (χ2n) is 6.06. The fourth-order valence-corrected chi connectivity index (χ4v) is 2.62. The molecule has 0 bridgehead atoms. The van der Waals surface area contributed by atoms with E-state index in [1.54, 1.807) is 24.3 Å². The maximum absolute atomic E-state index is 13.5. The lowest BCUT2D eigenvalue weighted by atomic mass is 10.2. The molecule has 2 heterocycles. The van der Waals surface area contributed by atoms with Gasteiger partial charge in [-0.05, 0) is 24.3 Å². The van der Waals surface area contributed by atoms with Crippen molar-refractivity contribution >= 4 is 28.9 Å². The summed E-state index contributed by atoms with van der Waals surface area (Å²) in [5, 5.41) is 11.2. The third kappa shape index (κ3) is 4.10. The summed E-state index contributed by atoms with van der Waals surface area (Å²) >= 11 is 0. The van der Waals surface area contributed by atoms with Crippen molar-refractivity contribution in [2.24, 2.45) is 0 Å². The molecular weight excluding hydrogens is 411 g/mol. The lowest BCUT2D eigenvalue weighted by molar-refractivity contribution is 0.0690. The molecule has 0 atom stereocenters. The van der Waals surface area contributed by atoms with Gasteiger partial charge in [0.1, 0.15) is 12.1 Å². The van der Waals surface area contributed by atoms with Crippen LogP contribution in [-0.4, -0.2) is 39.0 Å². The van der Waals surface area contributed by atoms with Crippen molar-refractivity contribution in [2.75, 3.05) is 12.4 Å². The minimum absolute atomic E-state index is 0.0834. The van der Waals surface area contributed by atoms with E-state index in [0.29, 0.717) is 11.0 Å². The van der Waals surface area contributed by atoms with E-state index < -0.39 is 17.7 Å². The topological polar surface area (TPSA) is 137 Å². The highest BCUT2D eigenvalue weighted by molar-refractivity contribution is 6.04. The fourth-order valence-electron chi connectivity index (χ4n) is 2.62. The van der Waals surface area contributed by atoms with Crippen LogP contribution in [0, 0.1) is 5.82 Å². The van der Waals surface area contributed by atoms with Gasteiger partial charge in [0, 0.05) is 6.07 Å². The maximum atomic E-state index is 13.5. The summed E-state index contributed by atoms with van der Waals surface area (Å²) in [6, 6.07) is 10.0. The molecule has 0 radical (unpaired) electrons. The van der Waals surface area contributed by atoms with Crippen molar-refractivity contribution in [1.29, 1.82) is 0 Å². The number of hydrogen-bond donors (Lipinski definition) is 2. The van der Waals surface area contributed by atoms with E-state index >= 15 is 0 Å². The van der Waals surface area contributed by atoms with Gasteiger partial charge in [-0.2, -0.15) is 4.98 Å². The van der Waals surface area contributed by atoms with Gasteiger partial charge in [0.05, 0.1) is 18.1 Å². The van der Waals surface area contributed by atoms with Crippen molar-refractivity contribution < 1.29 is 33.0 Å². The predicted molar refractivity (Wildman–Crippen MR) is 104 cm³/mol. The Hall–Kier alpha value is -4.54. The molecule has 1 amide bonds. The van der Waals surface area contributed by atoms with E-state index in [2.05, 4.69) is 20.3 Å². The highest BCUT2D eigenvalue weighted by atomic mass is 19.1. The van der Waals surface area contributed by atoms with Gasteiger partial charge in [0.2, 0.25) is 0 Å². The lowest BCUT2D eigenvalue weighted by Crippen LogP contribution is -2.16. The number of carboxylic acid groups (broad SMARTS) is 1. The van der Waals surface area contributed by atoms with E-state index in [4.69, 9.17) is 19.0 Å². The summed E-state index contributed by atoms with van der Waals surface area (Å²) in [6.07, 6.45) is 0.880. The Morgan fingerprint density at radius 2 is 1.81 bits per heavy atom. The number of para-hydroxylation sites is 2. The molecule has 10 nitrogen and oxygen atoms in total. The van der Waals surface area contributed by atoms with Crippen LogP contribution < -0.4 is 14.8 Å². The van der Waals surface area contributed by atoms with Crippen LogP contribution in [0.2, 0.25) is 0 Å². The summed E-state index contributed by atoms with van der Waals surface area (Å²) in [4.78, 5) is 36.0. The summed E-state index contributed by atoms with van der Waals surface area (Å²) in [6.45, 7) is 0. The molecule has 2 aromatic carbocycles. The van der Waals surface area contributed by atoms with Gasteiger partial charge in [0.25, 0.3) is 11.8 Å². The average molecular weight is 424 g/mol. The second kappa shape index (κ2) is 8.06. The number of benzene rings is 2. The van der Waals surface area contributed by atoms with E-state index in [-0.39, 0.29) is 34.8 Å². The number of carbonyl (C=O) groups is 2. The fraction of sp³-hybridized carbons (Fsp3) is 0.0500. The van der Waals surface area contributed by atoms with Crippen molar-refractivity contribution in [1.82, 2.24) is 15.0 Å². The molecule has 0 aliphatic rings. The molecular formula is C20H13FN4O6. The standard InChI is InChI=1S/C20H13FN4O6/c1-29-15-8-10(21)6-7-14(15)31-18-16(22-11-4-2-3-5-12(11)23-18)17(26)25-20-24-13(9-30-20)19(27)28/h2-9H,1H3,(H,27,28)(H,24,25,26). The number of oxazole rings is 1. The molecule has 11 heteroatoms. The number of halogens is 1. The number of carbonyl (C=O) groups excluding carboxylic acids is 1. The largest absolute Gasteiger partial charge is 0.493 e. The number of aromatic carboxylic acids is 1. The first-order valence-corrected chi connectivity index (χ1v) is 8.73. The molecule has 0 unspecified atom stereocenters. The molecule has 0 aliphatic heterocycles. The number of anilines is 1. The molecule has 4 rings (SSSR count). The molecule has 0 saturated carbocycles. The van der Waals surface area contributed by atoms with Crippen LogP contribution in [-0.2, 0) is 0 Å². The Morgan fingerprint density at radius 3 is 2.48 bits per heavy atom. The normalized spacial score (nSPS) is 10.6. The Balaban J connectivity index is 1.74. The van der Waals surface area contributed by atoms with E-state index in [0.717, 1.165) is 18.4 Å². The number of methoxy groups -OCH3 is 1. The molecule has 2 N–H and O–H groups in total. The number of amides is 1. The van der Waals surface area contributed by atoms with Gasteiger partial charge in [-0.1, -0.05) is 12.1 Å². The molecule has 0 saturated heterocycles. The predicted octanol–water partition coefficient (Wildman–Crippen LogP) is 3.51. The first-order valence-electron chi connectivity index (χ1n) is 8.73. The molecule has 0 aliphatic carbocycles. The van der Waals surface area contributed by atoms with Crippen molar-refractivity contribution in [3.8, 4) is 17.4 Å². The lowest BCUT2D eigenvalue weighted by Gasteiger charge is -2.12. The third-order valence-corrected chi connectivity index (χ3v) is 4.03. The van der Waals surface area contributed by atoms with Crippen molar-refractivity contribution in [3.63, 3.8) is 0 Å². The number of fused-ring (bicyclic) bond motifs is 1. The monoisotopic (exact) mass is 424 g/mol. The number of carboxylic acids is 1. The quantitative estimate of drug-likeness (QED) is 0.476. The van der Waals surface area contributed by atoms with Crippen LogP contribution in [0.5, 0.6) is 17.4 Å². The van der Waals surface area contributed by atoms with Crippen LogP contribution in [0.15, 0.2) is 53.1 Å². The minimum Gasteiger partial charge on any atom is -0.493 e. The Labute approximate surface area is 173 Å². The number of nitrogens with one attached hydrogen (secondary N) is 1. The van der Waals surface area contributed by atoms with Crippen LogP contribution in [0.1, 0.15) is 21.0 Å². The van der Waals surface area contributed by atoms with E-state index in [9.17, 15) is 14.0 Å². The summed E-state index contributed by atoms with van der Waals surface area (Å²) < 4.78 is 29.3. The van der Waals surface area contributed by atoms with Gasteiger partial charge in [-0.25, -0.2) is 19.2 Å². The van der Waals surface area contributed by atoms with Gasteiger partial charge in [-0.15, -0.1) is 0 Å². The zero-order valence-electron chi connectivity index (χ0n) is 15.8. The molecule has 4 aromatic rings. The molecule has 156 valence electrons. The van der Waals surface area contributed by atoms with Crippen LogP contribution in [0.25, 0.3) is 11.0 Å². The molecule has 0 spiro atoms. The highest BCUT2D eigenvalue weighted by Gasteiger charge is 2.22. The van der Waals surface area contributed by atoms with Crippen LogP contribution in [0.3, 0.4) is 0 Å². The van der Waals surface area contributed by atoms with Gasteiger partial charge < -0.3 is 19.0 Å². The van der Waals surface area contributed by atoms with Gasteiger partial charge in [-0.3, -0.25) is 10.1 Å². The van der Waals surface area contributed by atoms with Crippen LogP contribution in [0.4, 0.5) is 10.4 Å². The zero-order chi connectivity index (χ0) is 22.0. The molecule has 0 fully saturated rings. The van der Waals surface area contributed by atoms with E-state index in [1.165, 1.54) is 13.2 Å². The molecule has 31 heavy (non-hydrogen) atoms. The van der Waals surface area contributed by atoms with Crippen molar-refractivity contribution in [3.05, 3.63) is 65.9 Å². The van der Waals surface area contributed by atoms with Crippen LogP contribution >= 0.6 is 0 Å². The second-order valence-corrected chi connectivity index (χ2v) is 6.06. The first kappa shape index (κ1) is 19.8. The number of ether oxygens (including phenoxy) is 2. The highest BCUT2D eigenvalue weighted by Crippen LogP contribution is 2.33. The van der Waals surface area contributed by atoms with Gasteiger partial charge in [0.15, 0.2) is 22.9 Å². The number of aromatic nitrogens is 3. The SMILES string of the molecule is COc1cc(F)ccc1Oc1nc2ccccc2nc1C(=O)Nc1nc(C(=O)O)co1. The smallest absolute Gasteiger partial charge is 0.357 e. The minimum atomic E-state index is -1.32. The number of rotatable bonds is 6. The maximum Gasteiger partial charge on any atom is 0.357 e. The molecule has 2 aromatic heterocycles. The Morgan fingerprint density at radius 1 is 1.06 bits per heavy atom. The van der Waals surface area contributed by atoms with Crippen molar-refractivity contribution in [2.45, 2.75) is 0 Å². The Bertz CT molecular complexity index is 1310. The average Bonchev–Trinajstić information content (AvgIpc) is 3.23.